The number of ketones is 1. The van der Waals surface area contributed by atoms with Gasteiger partial charge in [0, 0.05) is 43.8 Å². The summed E-state index contributed by atoms with van der Waals surface area (Å²) in [6.45, 7) is 5.50. The third-order valence-corrected chi connectivity index (χ3v) is 4.70. The lowest BCUT2D eigenvalue weighted by Crippen LogP contribution is -2.20. The monoisotopic (exact) mass is 396 g/mol. The van der Waals surface area contributed by atoms with Crippen LogP contribution in [-0.4, -0.2) is 46.4 Å². The van der Waals surface area contributed by atoms with E-state index in [-0.39, 0.29) is 29.8 Å². The zero-order valence-corrected chi connectivity index (χ0v) is 17.2. The first-order valence-electron chi connectivity index (χ1n) is 9.27. The Morgan fingerprint density at radius 2 is 1.90 bits per heavy atom. The third kappa shape index (κ3) is 4.21. The minimum absolute atomic E-state index is 0.0313. The number of nitrogens with zero attached hydrogens (tertiary/aromatic N) is 3. The number of carbonyl (C=O) groups excluding carboxylic acids is 3. The maximum Gasteiger partial charge on any atom is 0.289 e. The second kappa shape index (κ2) is 7.90. The van der Waals surface area contributed by atoms with E-state index in [9.17, 15) is 14.4 Å². The molecule has 3 rings (SSSR count). The van der Waals surface area contributed by atoms with Crippen LogP contribution in [0, 0.1) is 13.8 Å². The minimum Gasteiger partial charge on any atom is -0.451 e. The molecule has 0 spiro atoms. The van der Waals surface area contributed by atoms with E-state index in [0.29, 0.717) is 29.1 Å². The van der Waals surface area contributed by atoms with Crippen molar-refractivity contribution >= 4 is 34.3 Å². The highest BCUT2D eigenvalue weighted by Gasteiger charge is 2.17. The van der Waals surface area contributed by atoms with Gasteiger partial charge in [0.15, 0.2) is 11.5 Å². The Hall–Kier alpha value is -3.42. The molecule has 2 amide bonds. The van der Waals surface area contributed by atoms with Crippen LogP contribution in [-0.2, 0) is 11.3 Å². The van der Waals surface area contributed by atoms with Crippen LogP contribution in [0.5, 0.6) is 0 Å². The van der Waals surface area contributed by atoms with Crippen LogP contribution in [0.15, 0.2) is 28.7 Å². The molecule has 0 atom stereocenters. The smallest absolute Gasteiger partial charge is 0.289 e. The summed E-state index contributed by atoms with van der Waals surface area (Å²) in [6.07, 6.45) is 0.215. The largest absolute Gasteiger partial charge is 0.451 e. The number of hydrogen-bond donors (Lipinski definition) is 1. The normalized spacial score (nSPS) is 10.9. The fourth-order valence-electron chi connectivity index (χ4n) is 3.30. The molecule has 29 heavy (non-hydrogen) atoms. The zero-order valence-electron chi connectivity index (χ0n) is 17.2. The Balaban J connectivity index is 1.68. The minimum atomic E-state index is -0.221. The van der Waals surface area contributed by atoms with E-state index >= 15 is 0 Å². The number of nitrogens with one attached hydrogen (secondary N) is 1. The predicted octanol–water partition coefficient (Wildman–Crippen LogP) is 3.18. The van der Waals surface area contributed by atoms with Gasteiger partial charge in [-0.25, -0.2) is 0 Å². The number of aryl methyl sites for hydroxylation is 2. The van der Waals surface area contributed by atoms with Gasteiger partial charge in [0.05, 0.1) is 11.3 Å². The molecule has 8 heteroatoms. The highest BCUT2D eigenvalue weighted by atomic mass is 16.3. The number of furan rings is 1. The summed E-state index contributed by atoms with van der Waals surface area (Å²) in [5.41, 5.74) is 3.24. The molecule has 2 heterocycles. The van der Waals surface area contributed by atoms with Gasteiger partial charge in [0.25, 0.3) is 5.91 Å². The molecule has 0 radical (unpaired) electrons. The molecule has 0 unspecified atom stereocenters. The van der Waals surface area contributed by atoms with Gasteiger partial charge < -0.3 is 14.6 Å². The van der Waals surface area contributed by atoms with Gasteiger partial charge in [-0.05, 0) is 45.0 Å². The molecule has 0 aliphatic heterocycles. The summed E-state index contributed by atoms with van der Waals surface area (Å²) in [4.78, 5) is 37.5. The summed E-state index contributed by atoms with van der Waals surface area (Å²) < 4.78 is 7.24. The molecule has 0 aliphatic rings. The number of fused-ring (bicyclic) bond motifs is 1. The van der Waals surface area contributed by atoms with Gasteiger partial charge in [0.1, 0.15) is 5.58 Å². The SMILES string of the molecule is CC(=O)c1c(C)nn(CCC(=O)Nc2ccc3oc(C(=O)N(C)C)cc3c2)c1C. The van der Waals surface area contributed by atoms with Crippen molar-refractivity contribution in [2.45, 2.75) is 33.7 Å². The molecular formula is C21H24N4O4. The molecule has 1 N–H and O–H groups in total. The van der Waals surface area contributed by atoms with Crippen molar-refractivity contribution < 1.29 is 18.8 Å². The lowest BCUT2D eigenvalue weighted by molar-refractivity contribution is -0.116. The van der Waals surface area contributed by atoms with Crippen molar-refractivity contribution in [2.24, 2.45) is 0 Å². The van der Waals surface area contributed by atoms with E-state index in [1.54, 1.807) is 50.0 Å². The molecule has 1 aromatic carbocycles. The lowest BCUT2D eigenvalue weighted by atomic mass is 10.1. The fraction of sp³-hybridized carbons (Fsp3) is 0.333. The highest BCUT2D eigenvalue weighted by Crippen LogP contribution is 2.24. The maximum atomic E-state index is 12.4. The molecule has 8 nitrogen and oxygen atoms in total. The van der Waals surface area contributed by atoms with Crippen molar-refractivity contribution in [3.05, 3.63) is 47.0 Å². The summed E-state index contributed by atoms with van der Waals surface area (Å²) in [7, 11) is 3.31. The van der Waals surface area contributed by atoms with Crippen molar-refractivity contribution in [3.8, 4) is 0 Å². The van der Waals surface area contributed by atoms with Gasteiger partial charge in [0.2, 0.25) is 5.91 Å². The molecule has 3 aromatic rings. The predicted molar refractivity (Wildman–Crippen MR) is 109 cm³/mol. The Morgan fingerprint density at radius 1 is 1.17 bits per heavy atom. The summed E-state index contributed by atoms with van der Waals surface area (Å²) in [5.74, 6) is -0.175. The highest BCUT2D eigenvalue weighted by molar-refractivity contribution is 5.98. The number of rotatable bonds is 6. The van der Waals surface area contributed by atoms with Crippen LogP contribution in [0.2, 0.25) is 0 Å². The molecule has 0 aliphatic carbocycles. The molecule has 152 valence electrons. The molecule has 0 saturated heterocycles. The first-order chi connectivity index (χ1) is 13.7. The number of amides is 2. The zero-order chi connectivity index (χ0) is 21.3. The molecule has 0 bridgehead atoms. The van der Waals surface area contributed by atoms with Gasteiger partial charge in [-0.15, -0.1) is 0 Å². The van der Waals surface area contributed by atoms with Crippen LogP contribution in [0.1, 0.15) is 45.6 Å². The van der Waals surface area contributed by atoms with Crippen molar-refractivity contribution in [3.63, 3.8) is 0 Å². The van der Waals surface area contributed by atoms with Crippen molar-refractivity contribution in [1.29, 1.82) is 0 Å². The number of aromatic nitrogens is 2. The standard InChI is InChI=1S/C21H24N4O4/c1-12-20(14(3)26)13(2)25(23-12)9-8-19(27)22-16-6-7-17-15(10-16)11-18(29-17)21(28)24(4)5/h6-7,10-11H,8-9H2,1-5H3,(H,22,27). The molecular weight excluding hydrogens is 372 g/mol. The number of anilines is 1. The second-order valence-corrected chi connectivity index (χ2v) is 7.19. The molecule has 2 aromatic heterocycles. The Morgan fingerprint density at radius 3 is 2.52 bits per heavy atom. The average molecular weight is 396 g/mol. The summed E-state index contributed by atoms with van der Waals surface area (Å²) in [6, 6.07) is 6.87. The van der Waals surface area contributed by atoms with Crippen molar-refractivity contribution in [2.75, 3.05) is 19.4 Å². The first kappa shape index (κ1) is 20.3. The average Bonchev–Trinajstić information content (AvgIpc) is 3.19. The van der Waals surface area contributed by atoms with Gasteiger partial charge >= 0.3 is 0 Å². The lowest BCUT2D eigenvalue weighted by Gasteiger charge is -2.07. The van der Waals surface area contributed by atoms with E-state index in [0.717, 1.165) is 11.1 Å². The number of carbonyl (C=O) groups is 3. The number of hydrogen-bond acceptors (Lipinski definition) is 5. The Labute approximate surface area is 168 Å². The fourth-order valence-corrected chi connectivity index (χ4v) is 3.30. The number of Topliss-reactive ketones (excluding diaryl/α,β-unsaturated/α-hetero) is 1. The van der Waals surface area contributed by atoms with Crippen molar-refractivity contribution in [1.82, 2.24) is 14.7 Å². The van der Waals surface area contributed by atoms with E-state index in [1.807, 2.05) is 6.92 Å². The number of benzene rings is 1. The van der Waals surface area contributed by atoms with Gasteiger partial charge in [-0.1, -0.05) is 0 Å². The van der Waals surface area contributed by atoms with Crippen LogP contribution in [0.25, 0.3) is 11.0 Å². The topological polar surface area (TPSA) is 97.4 Å². The van der Waals surface area contributed by atoms with E-state index in [4.69, 9.17) is 4.42 Å². The first-order valence-corrected chi connectivity index (χ1v) is 9.27. The van der Waals surface area contributed by atoms with E-state index in [2.05, 4.69) is 10.4 Å². The molecule has 0 saturated carbocycles. The quantitative estimate of drug-likeness (QED) is 0.646. The van der Waals surface area contributed by atoms with Gasteiger partial charge in [-0.2, -0.15) is 5.10 Å². The van der Waals surface area contributed by atoms with Gasteiger partial charge in [-0.3, -0.25) is 19.1 Å². The Kier molecular flexibility index (Phi) is 5.54. The third-order valence-electron chi connectivity index (χ3n) is 4.70. The van der Waals surface area contributed by atoms with E-state index < -0.39 is 0 Å². The summed E-state index contributed by atoms with van der Waals surface area (Å²) in [5, 5.41) is 7.93. The van der Waals surface area contributed by atoms with Crippen LogP contribution in [0.4, 0.5) is 5.69 Å². The maximum absolute atomic E-state index is 12.4. The van der Waals surface area contributed by atoms with Crippen LogP contribution < -0.4 is 5.32 Å². The summed E-state index contributed by atoms with van der Waals surface area (Å²) >= 11 is 0. The second-order valence-electron chi connectivity index (χ2n) is 7.19. The van der Waals surface area contributed by atoms with Crippen LogP contribution in [0.3, 0.4) is 0 Å². The van der Waals surface area contributed by atoms with E-state index in [1.165, 1.54) is 11.8 Å². The van der Waals surface area contributed by atoms with Crippen LogP contribution >= 0.6 is 0 Å². The molecule has 0 fully saturated rings. The Bertz CT molecular complexity index is 1110.